The van der Waals surface area contributed by atoms with Crippen molar-refractivity contribution in [2.45, 2.75) is 46.1 Å². The molecule has 15 heavy (non-hydrogen) atoms. The van der Waals surface area contributed by atoms with Gasteiger partial charge in [0.15, 0.2) is 0 Å². The van der Waals surface area contributed by atoms with Crippen molar-refractivity contribution in [3.05, 3.63) is 0 Å². The minimum Gasteiger partial charge on any atom is -0.409 e. The second-order valence-corrected chi connectivity index (χ2v) is 3.89. The Hall–Kier alpha value is -1.26. The Bertz CT molecular complexity index is 229. The molecule has 0 aromatic carbocycles. The highest BCUT2D eigenvalue weighted by molar-refractivity contribution is 5.82. The summed E-state index contributed by atoms with van der Waals surface area (Å²) in [5.74, 6) is 0.172. The maximum Gasteiger partial charge on any atom is 0.223 e. The fraction of sp³-hybridized carbons (Fsp3) is 0.800. The van der Waals surface area contributed by atoms with Crippen LogP contribution in [0.5, 0.6) is 0 Å². The number of carbonyl (C=O) groups excluding carboxylic acids is 1. The molecule has 0 heterocycles. The molecule has 0 aromatic rings. The molecule has 0 fully saturated rings. The van der Waals surface area contributed by atoms with Crippen LogP contribution in [0, 0.1) is 5.92 Å². The number of amides is 1. The number of hydrogen-bond donors (Lipinski definition) is 3. The zero-order valence-electron chi connectivity index (χ0n) is 9.66. The first-order valence-corrected chi connectivity index (χ1v) is 5.28. The summed E-state index contributed by atoms with van der Waals surface area (Å²) in [5.41, 5.74) is 5.33. The lowest BCUT2D eigenvalue weighted by Crippen LogP contribution is -2.38. The van der Waals surface area contributed by atoms with Gasteiger partial charge in [-0.25, -0.2) is 0 Å². The van der Waals surface area contributed by atoms with Crippen molar-refractivity contribution in [3.8, 4) is 0 Å². The van der Waals surface area contributed by atoms with Crippen LogP contribution in [-0.4, -0.2) is 23.0 Å². The monoisotopic (exact) mass is 215 g/mol. The van der Waals surface area contributed by atoms with Gasteiger partial charge in [0.05, 0.1) is 0 Å². The van der Waals surface area contributed by atoms with Gasteiger partial charge in [0.25, 0.3) is 0 Å². The minimum absolute atomic E-state index is 0.0183. The summed E-state index contributed by atoms with van der Waals surface area (Å²) in [6.07, 6.45) is 2.23. The van der Waals surface area contributed by atoms with E-state index < -0.39 is 0 Å². The second-order valence-electron chi connectivity index (χ2n) is 3.89. The number of amidine groups is 1. The van der Waals surface area contributed by atoms with Crippen LogP contribution in [0.25, 0.3) is 0 Å². The van der Waals surface area contributed by atoms with Gasteiger partial charge in [-0.05, 0) is 13.3 Å². The van der Waals surface area contributed by atoms with Gasteiger partial charge in [0.1, 0.15) is 5.84 Å². The maximum absolute atomic E-state index is 11.6. The quantitative estimate of drug-likeness (QED) is 0.268. The summed E-state index contributed by atoms with van der Waals surface area (Å²) in [6, 6.07) is -0.104. The molecule has 0 radical (unpaired) electrons. The van der Waals surface area contributed by atoms with Crippen LogP contribution in [0.1, 0.15) is 40.0 Å². The number of nitrogens with two attached hydrogens (primary N) is 1. The molecule has 0 bridgehead atoms. The van der Waals surface area contributed by atoms with Gasteiger partial charge < -0.3 is 16.3 Å². The molecule has 2 atom stereocenters. The summed E-state index contributed by atoms with van der Waals surface area (Å²) >= 11 is 0. The summed E-state index contributed by atoms with van der Waals surface area (Å²) in [7, 11) is 0. The van der Waals surface area contributed by atoms with Gasteiger partial charge in [-0.1, -0.05) is 25.4 Å². The molecule has 2 unspecified atom stereocenters. The molecule has 0 saturated carbocycles. The van der Waals surface area contributed by atoms with Crippen molar-refractivity contribution in [3.63, 3.8) is 0 Å². The summed E-state index contributed by atoms with van der Waals surface area (Å²) in [6.45, 7) is 5.77. The predicted molar refractivity (Wildman–Crippen MR) is 59.7 cm³/mol. The molecule has 0 rings (SSSR count). The fourth-order valence-electron chi connectivity index (χ4n) is 1.35. The van der Waals surface area contributed by atoms with Crippen molar-refractivity contribution in [2.24, 2.45) is 16.8 Å². The molecule has 5 heteroatoms. The number of nitrogens with one attached hydrogen (secondary N) is 1. The first kappa shape index (κ1) is 13.7. The van der Waals surface area contributed by atoms with E-state index in [2.05, 4.69) is 10.5 Å². The molecular weight excluding hydrogens is 194 g/mol. The van der Waals surface area contributed by atoms with Gasteiger partial charge in [0, 0.05) is 18.4 Å². The van der Waals surface area contributed by atoms with Gasteiger partial charge in [-0.15, -0.1) is 0 Å². The topological polar surface area (TPSA) is 87.7 Å². The van der Waals surface area contributed by atoms with E-state index in [0.717, 1.165) is 12.8 Å². The molecule has 0 saturated heterocycles. The number of nitrogens with zero attached hydrogens (tertiary/aromatic N) is 1. The van der Waals surface area contributed by atoms with E-state index >= 15 is 0 Å². The number of carbonyl (C=O) groups is 1. The van der Waals surface area contributed by atoms with E-state index in [1.54, 1.807) is 0 Å². The van der Waals surface area contributed by atoms with Crippen molar-refractivity contribution in [1.82, 2.24) is 5.32 Å². The molecule has 4 N–H and O–H groups in total. The summed E-state index contributed by atoms with van der Waals surface area (Å²) in [4.78, 5) is 11.6. The number of oxime groups is 1. The van der Waals surface area contributed by atoms with Crippen LogP contribution in [0.3, 0.4) is 0 Å². The van der Waals surface area contributed by atoms with E-state index in [1.165, 1.54) is 0 Å². The minimum atomic E-state index is -0.104. The highest BCUT2D eigenvalue weighted by Gasteiger charge is 2.14. The highest BCUT2D eigenvalue weighted by atomic mass is 16.4. The third-order valence-corrected chi connectivity index (χ3v) is 2.20. The Labute approximate surface area is 90.7 Å². The van der Waals surface area contributed by atoms with Crippen LogP contribution < -0.4 is 11.1 Å². The SMILES string of the molecule is CCCC(C)C(=O)NC(C)CC(N)=NO. The highest BCUT2D eigenvalue weighted by Crippen LogP contribution is 2.05. The molecule has 0 aliphatic carbocycles. The first-order valence-electron chi connectivity index (χ1n) is 5.28. The lowest BCUT2D eigenvalue weighted by atomic mass is 10.0. The normalized spacial score (nSPS) is 15.8. The first-order chi connectivity index (χ1) is 7.01. The summed E-state index contributed by atoms with van der Waals surface area (Å²) in [5, 5.41) is 14.0. The third kappa shape index (κ3) is 5.93. The van der Waals surface area contributed by atoms with E-state index in [9.17, 15) is 4.79 Å². The van der Waals surface area contributed by atoms with Crippen molar-refractivity contribution < 1.29 is 10.0 Å². The predicted octanol–water partition coefficient (Wildman–Crippen LogP) is 1.06. The van der Waals surface area contributed by atoms with Crippen molar-refractivity contribution in [1.29, 1.82) is 0 Å². The fourth-order valence-corrected chi connectivity index (χ4v) is 1.35. The van der Waals surface area contributed by atoms with Gasteiger partial charge >= 0.3 is 0 Å². The summed E-state index contributed by atoms with van der Waals surface area (Å²) < 4.78 is 0. The zero-order chi connectivity index (χ0) is 11.8. The Morgan fingerprint density at radius 3 is 2.60 bits per heavy atom. The molecule has 0 aromatic heterocycles. The largest absolute Gasteiger partial charge is 0.409 e. The molecule has 0 aliphatic heterocycles. The van der Waals surface area contributed by atoms with Crippen LogP contribution in [0.4, 0.5) is 0 Å². The van der Waals surface area contributed by atoms with Crippen molar-refractivity contribution >= 4 is 11.7 Å². The third-order valence-electron chi connectivity index (χ3n) is 2.20. The smallest absolute Gasteiger partial charge is 0.223 e. The maximum atomic E-state index is 11.6. The van der Waals surface area contributed by atoms with E-state index in [0.29, 0.717) is 6.42 Å². The lowest BCUT2D eigenvalue weighted by molar-refractivity contribution is -0.125. The molecule has 1 amide bonds. The molecular formula is C10H21N3O2. The molecule has 0 spiro atoms. The lowest BCUT2D eigenvalue weighted by Gasteiger charge is -2.16. The van der Waals surface area contributed by atoms with Gasteiger partial charge in [-0.2, -0.15) is 0 Å². The van der Waals surface area contributed by atoms with Crippen molar-refractivity contribution in [2.75, 3.05) is 0 Å². The van der Waals surface area contributed by atoms with Crippen LogP contribution >= 0.6 is 0 Å². The standard InChI is InChI=1S/C10H21N3O2/c1-4-5-7(2)10(14)12-8(3)6-9(11)13-15/h7-8,15H,4-6H2,1-3H3,(H2,11,13)(H,12,14). The Balaban J connectivity index is 3.95. The van der Waals surface area contributed by atoms with Crippen LogP contribution in [-0.2, 0) is 4.79 Å². The Morgan fingerprint density at radius 2 is 2.13 bits per heavy atom. The average molecular weight is 215 g/mol. The molecule has 88 valence electrons. The Kier molecular flexibility index (Phi) is 6.49. The zero-order valence-corrected chi connectivity index (χ0v) is 9.66. The van der Waals surface area contributed by atoms with E-state index in [1.807, 2.05) is 20.8 Å². The Morgan fingerprint density at radius 1 is 1.53 bits per heavy atom. The second kappa shape index (κ2) is 7.09. The number of rotatable bonds is 6. The molecule has 5 nitrogen and oxygen atoms in total. The van der Waals surface area contributed by atoms with Gasteiger partial charge in [0.2, 0.25) is 5.91 Å². The average Bonchev–Trinajstić information content (AvgIpc) is 2.17. The molecule has 0 aliphatic rings. The van der Waals surface area contributed by atoms with Crippen LogP contribution in [0.15, 0.2) is 5.16 Å². The number of hydrogen-bond acceptors (Lipinski definition) is 3. The van der Waals surface area contributed by atoms with Gasteiger partial charge in [-0.3, -0.25) is 4.79 Å². The van der Waals surface area contributed by atoms with E-state index in [4.69, 9.17) is 10.9 Å². The van der Waals surface area contributed by atoms with E-state index in [-0.39, 0.29) is 23.7 Å². The van der Waals surface area contributed by atoms with Crippen LogP contribution in [0.2, 0.25) is 0 Å².